The van der Waals surface area contributed by atoms with Gasteiger partial charge in [0.05, 0.1) is 19.8 Å². The van der Waals surface area contributed by atoms with Crippen molar-refractivity contribution in [3.8, 4) is 0 Å². The van der Waals surface area contributed by atoms with Gasteiger partial charge in [-0.15, -0.1) is 0 Å². The van der Waals surface area contributed by atoms with E-state index < -0.39 is 0 Å². The Balaban J connectivity index is 1.52. The third kappa shape index (κ3) is 5.84. The van der Waals surface area contributed by atoms with Crippen LogP contribution in [-0.2, 0) is 4.74 Å². The van der Waals surface area contributed by atoms with Crippen LogP contribution in [0.15, 0.2) is 29.3 Å². The van der Waals surface area contributed by atoms with E-state index in [1.807, 2.05) is 0 Å². The highest BCUT2D eigenvalue weighted by atomic mass is 16.5. The van der Waals surface area contributed by atoms with Crippen LogP contribution in [0.4, 0.5) is 5.69 Å². The first-order chi connectivity index (χ1) is 13.2. The van der Waals surface area contributed by atoms with Gasteiger partial charge in [-0.25, -0.2) is 0 Å². The van der Waals surface area contributed by atoms with E-state index in [0.717, 1.165) is 64.9 Å². The third-order valence-electron chi connectivity index (χ3n) is 5.46. The lowest BCUT2D eigenvalue weighted by Crippen LogP contribution is -2.46. The van der Waals surface area contributed by atoms with Gasteiger partial charge in [-0.1, -0.05) is 17.7 Å². The summed E-state index contributed by atoms with van der Waals surface area (Å²) in [7, 11) is 0. The molecule has 2 aliphatic rings. The van der Waals surface area contributed by atoms with Crippen molar-refractivity contribution in [3.63, 3.8) is 0 Å². The Morgan fingerprint density at radius 3 is 2.67 bits per heavy atom. The normalized spacial score (nSPS) is 22.7. The highest BCUT2D eigenvalue weighted by Crippen LogP contribution is 2.20. The highest BCUT2D eigenvalue weighted by molar-refractivity contribution is 5.80. The Labute approximate surface area is 164 Å². The Bertz CT molecular complexity index is 597. The fourth-order valence-corrected chi connectivity index (χ4v) is 3.74. The van der Waals surface area contributed by atoms with Crippen molar-refractivity contribution in [2.45, 2.75) is 39.3 Å². The molecule has 3 rings (SSSR count). The standard InChI is InChI=1S/C21H35N5O/c1-4-22-21(23-15-18(3)25-11-13-27-14-12-25)24-19-9-10-26(16-19)20-7-5-17(2)6-8-20/h5-8,18-19H,4,9-16H2,1-3H3,(H2,22,23,24). The van der Waals surface area contributed by atoms with E-state index in [9.17, 15) is 0 Å². The lowest BCUT2D eigenvalue weighted by Gasteiger charge is -2.31. The van der Waals surface area contributed by atoms with Crippen molar-refractivity contribution in [2.75, 3.05) is 57.4 Å². The number of ether oxygens (including phenoxy) is 1. The first kappa shape index (κ1) is 20.0. The van der Waals surface area contributed by atoms with E-state index in [1.165, 1.54) is 11.3 Å². The maximum Gasteiger partial charge on any atom is 0.191 e. The van der Waals surface area contributed by atoms with Crippen LogP contribution in [0.25, 0.3) is 0 Å². The number of aryl methyl sites for hydroxylation is 1. The van der Waals surface area contributed by atoms with Crippen molar-refractivity contribution in [3.05, 3.63) is 29.8 Å². The maximum atomic E-state index is 5.45. The molecule has 0 aliphatic carbocycles. The molecule has 0 aromatic heterocycles. The van der Waals surface area contributed by atoms with Crippen LogP contribution in [0.2, 0.25) is 0 Å². The van der Waals surface area contributed by atoms with Gasteiger partial charge in [-0.2, -0.15) is 0 Å². The largest absolute Gasteiger partial charge is 0.379 e. The van der Waals surface area contributed by atoms with Crippen molar-refractivity contribution in [2.24, 2.45) is 4.99 Å². The van der Waals surface area contributed by atoms with E-state index in [0.29, 0.717) is 12.1 Å². The minimum absolute atomic E-state index is 0.433. The van der Waals surface area contributed by atoms with Gasteiger partial charge in [-0.3, -0.25) is 9.89 Å². The van der Waals surface area contributed by atoms with Gasteiger partial charge in [0.25, 0.3) is 0 Å². The number of hydrogen-bond acceptors (Lipinski definition) is 4. The van der Waals surface area contributed by atoms with Crippen LogP contribution in [0.5, 0.6) is 0 Å². The summed E-state index contributed by atoms with van der Waals surface area (Å²) < 4.78 is 5.45. The first-order valence-electron chi connectivity index (χ1n) is 10.3. The van der Waals surface area contributed by atoms with E-state index in [4.69, 9.17) is 9.73 Å². The number of nitrogens with one attached hydrogen (secondary N) is 2. The molecule has 2 unspecified atom stereocenters. The molecule has 2 aliphatic heterocycles. The molecule has 2 saturated heterocycles. The van der Waals surface area contributed by atoms with Gasteiger partial charge >= 0.3 is 0 Å². The zero-order valence-corrected chi connectivity index (χ0v) is 17.1. The molecule has 2 heterocycles. The third-order valence-corrected chi connectivity index (χ3v) is 5.46. The van der Waals surface area contributed by atoms with Crippen molar-refractivity contribution in [1.29, 1.82) is 0 Å². The van der Waals surface area contributed by atoms with Gasteiger partial charge in [0, 0.05) is 50.5 Å². The topological polar surface area (TPSA) is 52.1 Å². The molecule has 2 fully saturated rings. The Morgan fingerprint density at radius 2 is 1.96 bits per heavy atom. The minimum Gasteiger partial charge on any atom is -0.379 e. The van der Waals surface area contributed by atoms with Gasteiger partial charge < -0.3 is 20.3 Å². The van der Waals surface area contributed by atoms with Crippen LogP contribution in [0.1, 0.15) is 25.8 Å². The quantitative estimate of drug-likeness (QED) is 0.589. The zero-order chi connectivity index (χ0) is 19.1. The molecule has 2 atom stereocenters. The van der Waals surface area contributed by atoms with Crippen LogP contribution in [-0.4, -0.2) is 75.4 Å². The Kier molecular flexibility index (Phi) is 7.35. The molecule has 2 N–H and O–H groups in total. The van der Waals surface area contributed by atoms with Crippen LogP contribution < -0.4 is 15.5 Å². The number of aliphatic imine (C=N–C) groups is 1. The molecule has 1 aromatic rings. The smallest absolute Gasteiger partial charge is 0.191 e. The summed E-state index contributed by atoms with van der Waals surface area (Å²) in [6.45, 7) is 14.0. The molecule has 6 heteroatoms. The summed E-state index contributed by atoms with van der Waals surface area (Å²) in [6.07, 6.45) is 1.14. The van der Waals surface area contributed by atoms with Gasteiger partial charge in [0.2, 0.25) is 0 Å². The molecule has 6 nitrogen and oxygen atoms in total. The van der Waals surface area contributed by atoms with Crippen molar-refractivity contribution < 1.29 is 4.74 Å². The fourth-order valence-electron chi connectivity index (χ4n) is 3.74. The summed E-state index contributed by atoms with van der Waals surface area (Å²) in [5, 5.41) is 7.05. The van der Waals surface area contributed by atoms with E-state index in [-0.39, 0.29) is 0 Å². The SMILES string of the molecule is CCNC(=NCC(C)N1CCOCC1)NC1CCN(c2ccc(C)cc2)C1. The lowest BCUT2D eigenvalue weighted by atomic mass is 10.2. The van der Waals surface area contributed by atoms with Crippen LogP contribution >= 0.6 is 0 Å². The van der Waals surface area contributed by atoms with Crippen LogP contribution in [0.3, 0.4) is 0 Å². The Hall–Kier alpha value is -1.79. The minimum atomic E-state index is 0.433. The average molecular weight is 374 g/mol. The summed E-state index contributed by atoms with van der Waals surface area (Å²) in [5.74, 6) is 0.938. The van der Waals surface area contributed by atoms with Crippen LogP contribution in [0, 0.1) is 6.92 Å². The van der Waals surface area contributed by atoms with Gasteiger partial charge in [0.1, 0.15) is 0 Å². The number of guanidine groups is 1. The second-order valence-electron chi connectivity index (χ2n) is 7.63. The van der Waals surface area contributed by atoms with Crippen molar-refractivity contribution >= 4 is 11.6 Å². The molecular formula is C21H35N5O. The predicted octanol–water partition coefficient (Wildman–Crippen LogP) is 1.85. The molecule has 0 bridgehead atoms. The zero-order valence-electron chi connectivity index (χ0n) is 17.1. The lowest BCUT2D eigenvalue weighted by molar-refractivity contribution is 0.0220. The molecule has 0 spiro atoms. The summed E-state index contributed by atoms with van der Waals surface area (Å²) >= 11 is 0. The molecule has 0 radical (unpaired) electrons. The molecule has 0 saturated carbocycles. The summed E-state index contributed by atoms with van der Waals surface area (Å²) in [4.78, 5) is 9.77. The van der Waals surface area contributed by atoms with Gasteiger partial charge in [-0.05, 0) is 39.3 Å². The van der Waals surface area contributed by atoms with Crippen molar-refractivity contribution in [1.82, 2.24) is 15.5 Å². The highest BCUT2D eigenvalue weighted by Gasteiger charge is 2.23. The second-order valence-corrected chi connectivity index (χ2v) is 7.63. The maximum absolute atomic E-state index is 5.45. The molecular weight excluding hydrogens is 338 g/mol. The van der Waals surface area contributed by atoms with E-state index >= 15 is 0 Å². The predicted molar refractivity (Wildman–Crippen MR) is 113 cm³/mol. The number of benzene rings is 1. The number of anilines is 1. The second kappa shape index (κ2) is 9.95. The Morgan fingerprint density at radius 1 is 1.22 bits per heavy atom. The number of hydrogen-bond donors (Lipinski definition) is 2. The molecule has 1 aromatic carbocycles. The summed E-state index contributed by atoms with van der Waals surface area (Å²) in [6, 6.07) is 9.70. The number of morpholine rings is 1. The average Bonchev–Trinajstić information content (AvgIpc) is 3.16. The number of nitrogens with zero attached hydrogens (tertiary/aromatic N) is 3. The first-order valence-corrected chi connectivity index (χ1v) is 10.3. The van der Waals surface area contributed by atoms with E-state index in [1.54, 1.807) is 0 Å². The summed E-state index contributed by atoms with van der Waals surface area (Å²) in [5.41, 5.74) is 2.62. The molecule has 0 amide bonds. The monoisotopic (exact) mass is 373 g/mol. The molecule has 27 heavy (non-hydrogen) atoms. The number of rotatable bonds is 6. The van der Waals surface area contributed by atoms with Gasteiger partial charge in [0.15, 0.2) is 5.96 Å². The van der Waals surface area contributed by atoms with E-state index in [2.05, 4.69) is 65.5 Å². The fraction of sp³-hybridized carbons (Fsp3) is 0.667. The molecule has 150 valence electrons.